The van der Waals surface area contributed by atoms with E-state index in [-0.39, 0.29) is 21.5 Å². The lowest BCUT2D eigenvalue weighted by molar-refractivity contribution is 0.109. The number of furan rings is 1. The first-order valence-corrected chi connectivity index (χ1v) is 7.10. The first-order valence-electron chi connectivity index (χ1n) is 5.61. The van der Waals surface area contributed by atoms with Crippen molar-refractivity contribution in [2.45, 2.75) is 16.9 Å². The molecular weight excluding hydrogens is 268 g/mol. The Bertz CT molecular complexity index is 685. The molecule has 0 aliphatic heterocycles. The Kier molecular flexibility index (Phi) is 3.71. The third-order valence-corrected chi connectivity index (χ3v) is 4.09. The predicted molar refractivity (Wildman–Crippen MR) is 67.2 cm³/mol. The van der Waals surface area contributed by atoms with Crippen LogP contribution in [0.2, 0.25) is 0 Å². The fourth-order valence-corrected chi connectivity index (χ4v) is 2.92. The van der Waals surface area contributed by atoms with Gasteiger partial charge in [-0.2, -0.15) is 0 Å². The van der Waals surface area contributed by atoms with Crippen molar-refractivity contribution in [3.8, 4) is 5.75 Å². The molecule has 0 unspecified atom stereocenters. The normalized spacial score (nSPS) is 11.2. The average Bonchev–Trinajstić information content (AvgIpc) is 2.89. The second-order valence-electron chi connectivity index (χ2n) is 3.66. The van der Waals surface area contributed by atoms with E-state index >= 15 is 0 Å². The monoisotopic (exact) mass is 280 g/mol. The zero-order valence-electron chi connectivity index (χ0n) is 10.2. The summed E-state index contributed by atoms with van der Waals surface area (Å²) in [6.45, 7) is 2.12. The quantitative estimate of drug-likeness (QED) is 0.786. The molecule has 6 heteroatoms. The molecule has 0 bridgehead atoms. The van der Waals surface area contributed by atoms with Crippen molar-refractivity contribution in [1.82, 2.24) is 0 Å². The zero-order valence-corrected chi connectivity index (χ0v) is 11.0. The summed E-state index contributed by atoms with van der Waals surface area (Å²) in [5.74, 6) is 0.224. The van der Waals surface area contributed by atoms with Crippen LogP contribution in [0.1, 0.15) is 17.5 Å². The molecule has 0 N–H and O–H groups in total. The van der Waals surface area contributed by atoms with Crippen LogP contribution < -0.4 is 4.74 Å². The number of benzene rings is 1. The highest BCUT2D eigenvalue weighted by molar-refractivity contribution is 7.91. The molecule has 0 aliphatic carbocycles. The Morgan fingerprint density at radius 3 is 2.58 bits per heavy atom. The molecule has 0 saturated carbocycles. The number of ether oxygens (including phenoxy) is 1. The molecule has 1 aromatic heterocycles. The van der Waals surface area contributed by atoms with Gasteiger partial charge >= 0.3 is 0 Å². The van der Waals surface area contributed by atoms with Crippen molar-refractivity contribution in [2.24, 2.45) is 0 Å². The van der Waals surface area contributed by atoms with Gasteiger partial charge in [0.25, 0.3) is 0 Å². The number of hydrogen-bond donors (Lipinski definition) is 0. The van der Waals surface area contributed by atoms with Crippen LogP contribution in [0, 0.1) is 0 Å². The fraction of sp³-hybridized carbons (Fsp3) is 0.154. The molecule has 5 nitrogen and oxygen atoms in total. The summed E-state index contributed by atoms with van der Waals surface area (Å²) in [4.78, 5) is 10.6. The Labute approximate surface area is 110 Å². The molecule has 1 aromatic carbocycles. The molecule has 0 radical (unpaired) electrons. The van der Waals surface area contributed by atoms with Crippen molar-refractivity contribution in [1.29, 1.82) is 0 Å². The first-order chi connectivity index (χ1) is 9.09. The van der Waals surface area contributed by atoms with Crippen molar-refractivity contribution in [2.75, 3.05) is 6.61 Å². The highest BCUT2D eigenvalue weighted by atomic mass is 32.2. The van der Waals surface area contributed by atoms with Gasteiger partial charge in [-0.05, 0) is 31.2 Å². The molecule has 2 aromatic rings. The lowest BCUT2D eigenvalue weighted by Gasteiger charge is -2.08. The van der Waals surface area contributed by atoms with E-state index in [1.165, 1.54) is 18.2 Å². The van der Waals surface area contributed by atoms with E-state index in [1.54, 1.807) is 25.1 Å². The van der Waals surface area contributed by atoms with Crippen LogP contribution >= 0.6 is 0 Å². The Morgan fingerprint density at radius 2 is 1.95 bits per heavy atom. The van der Waals surface area contributed by atoms with Gasteiger partial charge in [-0.25, -0.2) is 8.42 Å². The molecule has 0 fully saturated rings. The van der Waals surface area contributed by atoms with Crippen LogP contribution in [-0.4, -0.2) is 21.3 Å². The molecule has 0 saturated heterocycles. The Balaban J connectivity index is 2.53. The minimum atomic E-state index is -3.83. The molecule has 1 heterocycles. The minimum absolute atomic E-state index is 0.0173. The van der Waals surface area contributed by atoms with Crippen LogP contribution in [0.5, 0.6) is 5.75 Å². The summed E-state index contributed by atoms with van der Waals surface area (Å²) in [5, 5.41) is -0.276. The van der Waals surface area contributed by atoms with E-state index in [0.717, 1.165) is 0 Å². The van der Waals surface area contributed by atoms with E-state index < -0.39 is 9.84 Å². The minimum Gasteiger partial charge on any atom is -0.492 e. The average molecular weight is 280 g/mol. The predicted octanol–water partition coefficient (Wildman–Crippen LogP) is 2.32. The van der Waals surface area contributed by atoms with E-state index in [4.69, 9.17) is 9.15 Å². The maximum absolute atomic E-state index is 12.4. The molecule has 0 amide bonds. The number of aldehydes is 1. The van der Waals surface area contributed by atoms with Gasteiger partial charge in [0.05, 0.1) is 6.61 Å². The van der Waals surface area contributed by atoms with E-state index in [2.05, 4.69) is 0 Å². The van der Waals surface area contributed by atoms with Gasteiger partial charge in [0.2, 0.25) is 14.9 Å². The van der Waals surface area contributed by atoms with Crippen LogP contribution in [-0.2, 0) is 9.84 Å². The van der Waals surface area contributed by atoms with Gasteiger partial charge in [-0.3, -0.25) is 4.79 Å². The van der Waals surface area contributed by atoms with Gasteiger partial charge in [-0.15, -0.1) is 0 Å². The smallest absolute Gasteiger partial charge is 0.243 e. The topological polar surface area (TPSA) is 73.6 Å². The number of para-hydroxylation sites is 1. The van der Waals surface area contributed by atoms with Gasteiger partial charge in [0.15, 0.2) is 12.0 Å². The summed E-state index contributed by atoms with van der Waals surface area (Å²) in [7, 11) is -3.83. The lowest BCUT2D eigenvalue weighted by atomic mass is 10.3. The number of hydrogen-bond acceptors (Lipinski definition) is 5. The molecule has 19 heavy (non-hydrogen) atoms. The maximum atomic E-state index is 12.4. The van der Waals surface area contributed by atoms with Crippen molar-refractivity contribution >= 4 is 16.1 Å². The van der Waals surface area contributed by atoms with Crippen molar-refractivity contribution in [3.63, 3.8) is 0 Å². The second kappa shape index (κ2) is 5.27. The third kappa shape index (κ3) is 2.53. The molecule has 0 atom stereocenters. The highest BCUT2D eigenvalue weighted by Gasteiger charge is 2.25. The standard InChI is InChI=1S/C13H12O5S/c1-2-17-11-5-3-4-6-12(11)19(15,16)13-8-7-10(9-14)18-13/h3-9H,2H2,1H3. The van der Waals surface area contributed by atoms with Gasteiger partial charge in [-0.1, -0.05) is 12.1 Å². The molecule has 0 spiro atoms. The van der Waals surface area contributed by atoms with Gasteiger partial charge in [0.1, 0.15) is 10.6 Å². The van der Waals surface area contributed by atoms with E-state index in [9.17, 15) is 13.2 Å². The summed E-state index contributed by atoms with van der Waals surface area (Å²) in [6.07, 6.45) is 0.452. The number of carbonyl (C=O) groups is 1. The van der Waals surface area contributed by atoms with Crippen LogP contribution in [0.3, 0.4) is 0 Å². The number of sulfone groups is 1. The molecule has 2 rings (SSSR count). The summed E-state index contributed by atoms with van der Waals surface area (Å²) in [6, 6.07) is 8.84. The van der Waals surface area contributed by atoms with Gasteiger partial charge in [0, 0.05) is 0 Å². The van der Waals surface area contributed by atoms with Crippen LogP contribution in [0.25, 0.3) is 0 Å². The van der Waals surface area contributed by atoms with Crippen LogP contribution in [0.4, 0.5) is 0 Å². The SMILES string of the molecule is CCOc1ccccc1S(=O)(=O)c1ccc(C=O)o1. The summed E-state index contributed by atoms with van der Waals surface area (Å²) >= 11 is 0. The third-order valence-electron chi connectivity index (χ3n) is 2.42. The van der Waals surface area contributed by atoms with E-state index in [0.29, 0.717) is 12.9 Å². The molecule has 100 valence electrons. The first kappa shape index (κ1) is 13.4. The lowest BCUT2D eigenvalue weighted by Crippen LogP contribution is -2.04. The molecular formula is C13H12O5S. The molecule has 0 aliphatic rings. The van der Waals surface area contributed by atoms with E-state index in [1.807, 2.05) is 0 Å². The number of carbonyl (C=O) groups excluding carboxylic acids is 1. The fourth-order valence-electron chi connectivity index (χ4n) is 1.60. The van der Waals surface area contributed by atoms with Crippen molar-refractivity contribution in [3.05, 3.63) is 42.2 Å². The second-order valence-corrected chi connectivity index (χ2v) is 5.51. The van der Waals surface area contributed by atoms with Gasteiger partial charge < -0.3 is 9.15 Å². The largest absolute Gasteiger partial charge is 0.492 e. The van der Waals surface area contributed by atoms with Crippen LogP contribution in [0.15, 0.2) is 50.8 Å². The van der Waals surface area contributed by atoms with Crippen molar-refractivity contribution < 1.29 is 22.4 Å². The number of rotatable bonds is 5. The summed E-state index contributed by atoms with van der Waals surface area (Å²) in [5.41, 5.74) is 0. The highest BCUT2D eigenvalue weighted by Crippen LogP contribution is 2.29. The maximum Gasteiger partial charge on any atom is 0.243 e. The Morgan fingerprint density at radius 1 is 1.21 bits per heavy atom. The Hall–Kier alpha value is -2.08. The zero-order chi connectivity index (χ0) is 13.9. The summed E-state index contributed by atoms with van der Waals surface area (Å²) < 4.78 is 35.0.